The van der Waals surface area contributed by atoms with Crippen LogP contribution < -0.4 is 5.32 Å². The van der Waals surface area contributed by atoms with E-state index >= 15 is 0 Å². The van der Waals surface area contributed by atoms with E-state index in [-0.39, 0.29) is 23.0 Å². The van der Waals surface area contributed by atoms with Gasteiger partial charge < -0.3 is 5.32 Å². The van der Waals surface area contributed by atoms with Crippen molar-refractivity contribution in [1.82, 2.24) is 0 Å². The van der Waals surface area contributed by atoms with Crippen LogP contribution in [0.2, 0.25) is 0 Å². The molecule has 2 aromatic rings. The predicted octanol–water partition coefficient (Wildman–Crippen LogP) is 3.40. The number of carbonyl (C=O) groups excluding carboxylic acids is 1. The molecular weight excluding hydrogens is 413 g/mol. The highest BCUT2D eigenvalue weighted by molar-refractivity contribution is 14.1. The number of hydrogen-bond donors (Lipinski definition) is 1. The van der Waals surface area contributed by atoms with Gasteiger partial charge in [-0.25, -0.2) is 8.42 Å². The monoisotopic (exact) mass is 429 g/mol. The lowest BCUT2D eigenvalue weighted by molar-refractivity contribution is -0.115. The van der Waals surface area contributed by atoms with E-state index in [1.54, 1.807) is 30.3 Å². The molecule has 0 atom stereocenters. The summed E-state index contributed by atoms with van der Waals surface area (Å²) in [6, 6.07) is 14.0. The van der Waals surface area contributed by atoms with Gasteiger partial charge in [-0.1, -0.05) is 29.8 Å². The fourth-order valence-corrected chi connectivity index (χ4v) is 3.63. The first-order chi connectivity index (χ1) is 10.4. The van der Waals surface area contributed by atoms with E-state index in [2.05, 4.69) is 27.9 Å². The van der Waals surface area contributed by atoms with Gasteiger partial charge in [0.05, 0.1) is 16.3 Å². The number of anilines is 1. The number of para-hydroxylation sites is 1. The third-order valence-electron chi connectivity index (χ3n) is 3.13. The quantitative estimate of drug-likeness (QED) is 0.742. The molecule has 0 aliphatic rings. The van der Waals surface area contributed by atoms with Crippen LogP contribution in [0.1, 0.15) is 12.0 Å². The first-order valence-corrected chi connectivity index (χ1v) is 9.45. The van der Waals surface area contributed by atoms with E-state index in [1.165, 1.54) is 0 Å². The maximum Gasteiger partial charge on any atom is 0.225 e. The van der Waals surface area contributed by atoms with Crippen LogP contribution in [0.5, 0.6) is 0 Å². The van der Waals surface area contributed by atoms with Gasteiger partial charge in [-0.2, -0.15) is 0 Å². The van der Waals surface area contributed by atoms with Crippen LogP contribution in [0.4, 0.5) is 5.69 Å². The SMILES string of the molecule is Cc1ccc(S(=O)(=O)CCC(=O)Nc2ccccc2I)cc1. The van der Waals surface area contributed by atoms with Crippen molar-refractivity contribution in [3.05, 3.63) is 57.7 Å². The predicted molar refractivity (Wildman–Crippen MR) is 95.6 cm³/mol. The molecule has 0 saturated heterocycles. The van der Waals surface area contributed by atoms with Crippen molar-refractivity contribution >= 4 is 44.0 Å². The van der Waals surface area contributed by atoms with Crippen LogP contribution in [0.3, 0.4) is 0 Å². The lowest BCUT2D eigenvalue weighted by atomic mass is 10.2. The Morgan fingerprint density at radius 2 is 1.73 bits per heavy atom. The van der Waals surface area contributed by atoms with Gasteiger partial charge in [0.1, 0.15) is 0 Å². The van der Waals surface area contributed by atoms with Crippen molar-refractivity contribution < 1.29 is 13.2 Å². The second-order valence-electron chi connectivity index (χ2n) is 4.91. The third-order valence-corrected chi connectivity index (χ3v) is 5.80. The number of halogens is 1. The van der Waals surface area contributed by atoms with Crippen molar-refractivity contribution in [1.29, 1.82) is 0 Å². The lowest BCUT2D eigenvalue weighted by Gasteiger charge is -2.08. The average Bonchev–Trinajstić information content (AvgIpc) is 2.48. The summed E-state index contributed by atoms with van der Waals surface area (Å²) in [4.78, 5) is 12.2. The highest BCUT2D eigenvalue weighted by atomic mass is 127. The fourth-order valence-electron chi connectivity index (χ4n) is 1.87. The summed E-state index contributed by atoms with van der Waals surface area (Å²) < 4.78 is 25.3. The van der Waals surface area contributed by atoms with Crippen molar-refractivity contribution in [3.63, 3.8) is 0 Å². The Morgan fingerprint density at radius 3 is 2.36 bits per heavy atom. The molecule has 2 rings (SSSR count). The number of amides is 1. The number of nitrogens with one attached hydrogen (secondary N) is 1. The second-order valence-corrected chi connectivity index (χ2v) is 8.18. The summed E-state index contributed by atoms with van der Waals surface area (Å²) in [5, 5.41) is 2.73. The summed E-state index contributed by atoms with van der Waals surface area (Å²) in [7, 11) is -3.44. The van der Waals surface area contributed by atoms with E-state index in [0.717, 1.165) is 9.13 Å². The lowest BCUT2D eigenvalue weighted by Crippen LogP contribution is -2.18. The van der Waals surface area contributed by atoms with Gasteiger partial charge in [-0.15, -0.1) is 0 Å². The molecule has 1 N–H and O–H groups in total. The number of benzene rings is 2. The number of aryl methyl sites for hydroxylation is 1. The molecule has 0 spiro atoms. The summed E-state index contributed by atoms with van der Waals surface area (Å²) >= 11 is 2.12. The van der Waals surface area contributed by atoms with Gasteiger partial charge in [-0.05, 0) is 53.8 Å². The Hall–Kier alpha value is -1.41. The zero-order chi connectivity index (χ0) is 16.2. The molecule has 2 aromatic carbocycles. The third kappa shape index (κ3) is 4.54. The summed E-state index contributed by atoms with van der Waals surface area (Å²) in [6.45, 7) is 1.89. The topological polar surface area (TPSA) is 63.2 Å². The highest BCUT2D eigenvalue weighted by Gasteiger charge is 2.16. The normalized spacial score (nSPS) is 11.2. The average molecular weight is 429 g/mol. The van der Waals surface area contributed by atoms with Crippen LogP contribution in [0.15, 0.2) is 53.4 Å². The number of rotatable bonds is 5. The number of carbonyl (C=O) groups is 1. The maximum absolute atomic E-state index is 12.2. The molecule has 0 radical (unpaired) electrons. The smallest absolute Gasteiger partial charge is 0.225 e. The van der Waals surface area contributed by atoms with Gasteiger partial charge in [0, 0.05) is 9.99 Å². The fraction of sp³-hybridized carbons (Fsp3) is 0.188. The van der Waals surface area contributed by atoms with Crippen molar-refractivity contribution in [2.75, 3.05) is 11.1 Å². The van der Waals surface area contributed by atoms with Crippen LogP contribution >= 0.6 is 22.6 Å². The van der Waals surface area contributed by atoms with Crippen LogP contribution in [0.25, 0.3) is 0 Å². The molecule has 116 valence electrons. The molecule has 4 nitrogen and oxygen atoms in total. The van der Waals surface area contributed by atoms with Crippen molar-refractivity contribution in [3.8, 4) is 0 Å². The molecule has 0 saturated carbocycles. The van der Waals surface area contributed by atoms with Crippen molar-refractivity contribution in [2.24, 2.45) is 0 Å². The second kappa shape index (κ2) is 7.23. The Balaban J connectivity index is 1.98. The zero-order valence-electron chi connectivity index (χ0n) is 12.0. The molecule has 22 heavy (non-hydrogen) atoms. The molecular formula is C16H16INO3S. The Labute approximate surface area is 144 Å². The molecule has 0 aliphatic heterocycles. The Bertz CT molecular complexity index is 770. The first-order valence-electron chi connectivity index (χ1n) is 6.72. The minimum absolute atomic E-state index is 0.0683. The number of sulfone groups is 1. The first kappa shape index (κ1) is 17.0. The maximum atomic E-state index is 12.2. The molecule has 0 fully saturated rings. The van der Waals surface area contributed by atoms with Gasteiger partial charge in [0.2, 0.25) is 5.91 Å². The Kier molecular flexibility index (Phi) is 5.57. The van der Waals surface area contributed by atoms with Crippen LogP contribution in [-0.4, -0.2) is 20.1 Å². The van der Waals surface area contributed by atoms with Gasteiger partial charge in [-0.3, -0.25) is 4.79 Å². The molecule has 1 amide bonds. The van der Waals surface area contributed by atoms with E-state index in [1.807, 2.05) is 25.1 Å². The van der Waals surface area contributed by atoms with Crippen LogP contribution in [-0.2, 0) is 14.6 Å². The largest absolute Gasteiger partial charge is 0.325 e. The minimum Gasteiger partial charge on any atom is -0.325 e. The van der Waals surface area contributed by atoms with E-state index < -0.39 is 9.84 Å². The van der Waals surface area contributed by atoms with E-state index in [4.69, 9.17) is 0 Å². The standard InChI is InChI=1S/C16H16INO3S/c1-12-6-8-13(9-7-12)22(20,21)11-10-16(19)18-15-5-3-2-4-14(15)17/h2-9H,10-11H2,1H3,(H,18,19). The summed E-state index contributed by atoms with van der Waals surface area (Å²) in [6.07, 6.45) is -0.0683. The van der Waals surface area contributed by atoms with E-state index in [9.17, 15) is 13.2 Å². The summed E-state index contributed by atoms with van der Waals surface area (Å²) in [5.41, 5.74) is 1.69. The van der Waals surface area contributed by atoms with Crippen molar-refractivity contribution in [2.45, 2.75) is 18.2 Å². The van der Waals surface area contributed by atoms with Gasteiger partial charge >= 0.3 is 0 Å². The highest BCUT2D eigenvalue weighted by Crippen LogP contribution is 2.18. The molecule has 0 unspecified atom stereocenters. The summed E-state index contributed by atoms with van der Waals surface area (Å²) in [5.74, 6) is -0.509. The molecule has 6 heteroatoms. The molecule has 0 aromatic heterocycles. The van der Waals surface area contributed by atoms with E-state index in [0.29, 0.717) is 5.69 Å². The van der Waals surface area contributed by atoms with Gasteiger partial charge in [0.25, 0.3) is 0 Å². The molecule has 0 aliphatic carbocycles. The minimum atomic E-state index is -3.44. The zero-order valence-corrected chi connectivity index (χ0v) is 15.0. The molecule has 0 bridgehead atoms. The van der Waals surface area contributed by atoms with Crippen LogP contribution in [0, 0.1) is 10.5 Å². The molecule has 0 heterocycles. The van der Waals surface area contributed by atoms with Gasteiger partial charge in [0.15, 0.2) is 9.84 Å². The number of hydrogen-bond acceptors (Lipinski definition) is 3. The Morgan fingerprint density at radius 1 is 1.09 bits per heavy atom.